The summed E-state index contributed by atoms with van der Waals surface area (Å²) in [4.78, 5) is 8.53. The Labute approximate surface area is 103 Å². The van der Waals surface area contributed by atoms with Gasteiger partial charge >= 0.3 is 0 Å². The van der Waals surface area contributed by atoms with Crippen molar-refractivity contribution in [1.82, 2.24) is 9.97 Å². The first-order valence-corrected chi connectivity index (χ1v) is 5.93. The fraction of sp³-hybridized carbons (Fsp3) is 0.667. The lowest BCUT2D eigenvalue weighted by atomic mass is 10.2. The number of methoxy groups -OCH3 is 1. The standard InChI is InChI=1S/C12H21N3O2/c1-5-10(8-16-4)15-11-7-12(17-6-2)14-9(3)13-11/h7,10H,5-6,8H2,1-4H3,(H,13,14,15). The van der Waals surface area contributed by atoms with E-state index < -0.39 is 0 Å². The molecule has 1 unspecified atom stereocenters. The van der Waals surface area contributed by atoms with Crippen molar-refractivity contribution < 1.29 is 9.47 Å². The average Bonchev–Trinajstić information content (AvgIpc) is 2.28. The molecule has 0 bridgehead atoms. The highest BCUT2D eigenvalue weighted by Gasteiger charge is 2.08. The van der Waals surface area contributed by atoms with Crippen LogP contribution in [0.1, 0.15) is 26.1 Å². The van der Waals surface area contributed by atoms with Crippen molar-refractivity contribution in [2.45, 2.75) is 33.2 Å². The van der Waals surface area contributed by atoms with Crippen molar-refractivity contribution in [3.8, 4) is 5.88 Å². The third-order valence-electron chi connectivity index (χ3n) is 2.32. The van der Waals surface area contributed by atoms with Crippen LogP contribution in [0.2, 0.25) is 0 Å². The van der Waals surface area contributed by atoms with Gasteiger partial charge in [0.1, 0.15) is 11.6 Å². The first-order chi connectivity index (χ1) is 8.19. The van der Waals surface area contributed by atoms with Gasteiger partial charge in [-0.2, -0.15) is 4.98 Å². The maximum Gasteiger partial charge on any atom is 0.218 e. The Morgan fingerprint density at radius 3 is 2.71 bits per heavy atom. The lowest BCUT2D eigenvalue weighted by Gasteiger charge is -2.17. The molecule has 0 fully saturated rings. The molecule has 1 heterocycles. The van der Waals surface area contributed by atoms with Gasteiger partial charge in [0, 0.05) is 13.2 Å². The van der Waals surface area contributed by atoms with E-state index in [0.717, 1.165) is 12.2 Å². The maximum atomic E-state index is 5.38. The minimum atomic E-state index is 0.253. The van der Waals surface area contributed by atoms with Crippen molar-refractivity contribution in [3.63, 3.8) is 0 Å². The van der Waals surface area contributed by atoms with Crippen LogP contribution in [0.15, 0.2) is 6.07 Å². The molecule has 0 saturated heterocycles. The third-order valence-corrected chi connectivity index (χ3v) is 2.32. The van der Waals surface area contributed by atoms with Gasteiger partial charge < -0.3 is 14.8 Å². The van der Waals surface area contributed by atoms with E-state index in [1.165, 1.54) is 0 Å². The Kier molecular flexibility index (Phi) is 5.69. The molecule has 1 atom stereocenters. The monoisotopic (exact) mass is 239 g/mol. The van der Waals surface area contributed by atoms with Crippen LogP contribution in [0.25, 0.3) is 0 Å². The number of anilines is 1. The normalized spacial score (nSPS) is 12.2. The van der Waals surface area contributed by atoms with E-state index in [4.69, 9.17) is 9.47 Å². The molecule has 5 heteroatoms. The number of rotatable bonds is 7. The van der Waals surface area contributed by atoms with Gasteiger partial charge in [-0.3, -0.25) is 0 Å². The van der Waals surface area contributed by atoms with Crippen LogP contribution in [-0.2, 0) is 4.74 Å². The summed E-state index contributed by atoms with van der Waals surface area (Å²) in [7, 11) is 1.70. The zero-order chi connectivity index (χ0) is 12.7. The van der Waals surface area contributed by atoms with Crippen LogP contribution >= 0.6 is 0 Å². The summed E-state index contributed by atoms with van der Waals surface area (Å²) in [5, 5.41) is 3.31. The molecule has 1 aromatic rings. The van der Waals surface area contributed by atoms with Crippen LogP contribution in [-0.4, -0.2) is 36.3 Å². The van der Waals surface area contributed by atoms with Crippen molar-refractivity contribution in [1.29, 1.82) is 0 Å². The fourth-order valence-electron chi connectivity index (χ4n) is 1.51. The average molecular weight is 239 g/mol. The topological polar surface area (TPSA) is 56.3 Å². The van der Waals surface area contributed by atoms with Gasteiger partial charge in [0.05, 0.1) is 19.3 Å². The molecule has 96 valence electrons. The fourth-order valence-corrected chi connectivity index (χ4v) is 1.51. The minimum Gasteiger partial charge on any atom is -0.478 e. The Hall–Kier alpha value is -1.36. The molecular formula is C12H21N3O2. The molecular weight excluding hydrogens is 218 g/mol. The van der Waals surface area contributed by atoms with Crippen molar-refractivity contribution in [2.24, 2.45) is 0 Å². The Balaban J connectivity index is 2.75. The molecule has 1 aromatic heterocycles. The Morgan fingerprint density at radius 2 is 2.12 bits per heavy atom. The Morgan fingerprint density at radius 1 is 1.35 bits per heavy atom. The Bertz CT molecular complexity index is 345. The lowest BCUT2D eigenvalue weighted by Crippen LogP contribution is -2.24. The summed E-state index contributed by atoms with van der Waals surface area (Å²) in [5.74, 6) is 2.09. The molecule has 5 nitrogen and oxygen atoms in total. The van der Waals surface area contributed by atoms with E-state index in [2.05, 4.69) is 22.2 Å². The molecule has 0 amide bonds. The quantitative estimate of drug-likeness (QED) is 0.789. The zero-order valence-electron chi connectivity index (χ0n) is 11.0. The zero-order valence-corrected chi connectivity index (χ0v) is 11.0. The number of aromatic nitrogens is 2. The predicted molar refractivity (Wildman–Crippen MR) is 67.5 cm³/mol. The maximum absolute atomic E-state index is 5.38. The van der Waals surface area contributed by atoms with Crippen molar-refractivity contribution in [2.75, 3.05) is 25.6 Å². The highest BCUT2D eigenvalue weighted by atomic mass is 16.5. The van der Waals surface area contributed by atoms with Gasteiger partial charge in [-0.15, -0.1) is 0 Å². The minimum absolute atomic E-state index is 0.253. The van der Waals surface area contributed by atoms with Crippen LogP contribution in [0.3, 0.4) is 0 Å². The number of ether oxygens (including phenoxy) is 2. The van der Waals surface area contributed by atoms with Gasteiger partial charge in [-0.1, -0.05) is 6.92 Å². The number of nitrogens with one attached hydrogen (secondary N) is 1. The SMILES string of the molecule is CCOc1cc(NC(CC)COC)nc(C)n1. The van der Waals surface area contributed by atoms with Gasteiger partial charge in [0.2, 0.25) is 5.88 Å². The molecule has 0 aromatic carbocycles. The summed E-state index contributed by atoms with van der Waals surface area (Å²) >= 11 is 0. The number of hydrogen-bond acceptors (Lipinski definition) is 5. The molecule has 0 radical (unpaired) electrons. The smallest absolute Gasteiger partial charge is 0.218 e. The second-order valence-corrected chi connectivity index (χ2v) is 3.78. The molecule has 1 rings (SSSR count). The summed E-state index contributed by atoms with van der Waals surface area (Å²) < 4.78 is 10.5. The summed E-state index contributed by atoms with van der Waals surface area (Å²) in [5.41, 5.74) is 0. The second kappa shape index (κ2) is 7.06. The van der Waals surface area contributed by atoms with Gasteiger partial charge in [0.15, 0.2) is 0 Å². The van der Waals surface area contributed by atoms with Crippen molar-refractivity contribution in [3.05, 3.63) is 11.9 Å². The number of hydrogen-bond donors (Lipinski definition) is 1. The molecule has 0 spiro atoms. The molecule has 17 heavy (non-hydrogen) atoms. The largest absolute Gasteiger partial charge is 0.478 e. The van der Waals surface area contributed by atoms with E-state index >= 15 is 0 Å². The molecule has 1 N–H and O–H groups in total. The lowest BCUT2D eigenvalue weighted by molar-refractivity contribution is 0.184. The van der Waals surface area contributed by atoms with E-state index in [1.54, 1.807) is 7.11 Å². The van der Waals surface area contributed by atoms with Crippen LogP contribution in [0.5, 0.6) is 5.88 Å². The third kappa shape index (κ3) is 4.56. The first kappa shape index (κ1) is 13.7. The van der Waals surface area contributed by atoms with Gasteiger partial charge in [0.25, 0.3) is 0 Å². The van der Waals surface area contributed by atoms with Gasteiger partial charge in [-0.25, -0.2) is 4.98 Å². The molecule has 0 aliphatic heterocycles. The van der Waals surface area contributed by atoms with E-state index in [1.807, 2.05) is 19.9 Å². The number of aryl methyl sites for hydroxylation is 1. The summed E-state index contributed by atoms with van der Waals surface area (Å²) in [6.45, 7) is 7.15. The van der Waals surface area contributed by atoms with E-state index in [-0.39, 0.29) is 6.04 Å². The van der Waals surface area contributed by atoms with E-state index in [0.29, 0.717) is 24.9 Å². The highest BCUT2D eigenvalue weighted by Crippen LogP contribution is 2.14. The van der Waals surface area contributed by atoms with Crippen LogP contribution in [0, 0.1) is 6.92 Å². The summed E-state index contributed by atoms with van der Waals surface area (Å²) in [6.07, 6.45) is 0.973. The van der Waals surface area contributed by atoms with Crippen LogP contribution in [0.4, 0.5) is 5.82 Å². The first-order valence-electron chi connectivity index (χ1n) is 5.93. The van der Waals surface area contributed by atoms with Gasteiger partial charge in [-0.05, 0) is 20.3 Å². The predicted octanol–water partition coefficient (Wildman–Crippen LogP) is 2.02. The summed E-state index contributed by atoms with van der Waals surface area (Å²) in [6, 6.07) is 2.07. The molecule has 0 saturated carbocycles. The van der Waals surface area contributed by atoms with E-state index in [9.17, 15) is 0 Å². The van der Waals surface area contributed by atoms with Crippen LogP contribution < -0.4 is 10.1 Å². The highest BCUT2D eigenvalue weighted by molar-refractivity contribution is 5.39. The number of nitrogens with zero attached hydrogens (tertiary/aromatic N) is 2. The second-order valence-electron chi connectivity index (χ2n) is 3.78. The van der Waals surface area contributed by atoms with Crippen molar-refractivity contribution >= 4 is 5.82 Å². The molecule has 0 aliphatic carbocycles. The molecule has 0 aliphatic rings.